The van der Waals surface area contributed by atoms with Gasteiger partial charge < -0.3 is 14.6 Å². The number of oxazole rings is 1. The second-order valence-electron chi connectivity index (χ2n) is 8.87. The molecule has 3 fully saturated rings. The predicted molar refractivity (Wildman–Crippen MR) is 117 cm³/mol. The summed E-state index contributed by atoms with van der Waals surface area (Å²) in [6.07, 6.45) is 6.75. The van der Waals surface area contributed by atoms with Crippen LogP contribution in [0.5, 0.6) is 0 Å². The fourth-order valence-electron chi connectivity index (χ4n) is 4.95. The molecule has 2 aliphatic heterocycles. The minimum absolute atomic E-state index is 0.0358. The molecule has 3 aliphatic rings. The SMILES string of the molecule is O=C(NC1CCC2(CC1)CCN(c1nc3ccc(Cl)cc3o1)CC2)C1C[S+](O)C1. The van der Waals surface area contributed by atoms with Crippen LogP contribution < -0.4 is 10.2 Å². The van der Waals surface area contributed by atoms with Gasteiger partial charge in [-0.2, -0.15) is 9.54 Å². The van der Waals surface area contributed by atoms with Gasteiger partial charge in [0, 0.05) is 30.2 Å². The second kappa shape index (κ2) is 7.67. The summed E-state index contributed by atoms with van der Waals surface area (Å²) in [6, 6.07) is 6.55. The first-order chi connectivity index (χ1) is 14.0. The van der Waals surface area contributed by atoms with Crippen molar-refractivity contribution in [2.75, 3.05) is 29.5 Å². The van der Waals surface area contributed by atoms with Crippen LogP contribution in [0, 0.1) is 11.3 Å². The standard InChI is InChI=1S/C21H26ClN3O3S/c22-15-1-2-17-18(11-15)28-20(24-17)25-9-7-21(8-10-25)5-3-16(4-6-21)23-19(26)14-12-29(27)13-14/h1-2,11,14,16,27H,3-10,12-13H2/p+1. The molecule has 5 rings (SSSR count). The molecule has 156 valence electrons. The Kier molecular flexibility index (Phi) is 5.16. The molecule has 2 aromatic rings. The molecule has 0 bridgehead atoms. The first-order valence-electron chi connectivity index (χ1n) is 10.5. The number of amides is 1. The lowest BCUT2D eigenvalue weighted by molar-refractivity contribution is -0.125. The zero-order valence-electron chi connectivity index (χ0n) is 16.4. The fraction of sp³-hybridized carbons (Fsp3) is 0.619. The van der Waals surface area contributed by atoms with Gasteiger partial charge >= 0.3 is 0 Å². The van der Waals surface area contributed by atoms with Gasteiger partial charge in [0.1, 0.15) is 22.6 Å². The van der Waals surface area contributed by atoms with Crippen LogP contribution in [-0.2, 0) is 16.0 Å². The van der Waals surface area contributed by atoms with Crippen LogP contribution in [0.1, 0.15) is 38.5 Å². The van der Waals surface area contributed by atoms with Crippen molar-refractivity contribution in [1.29, 1.82) is 0 Å². The number of carbonyl (C=O) groups is 1. The van der Waals surface area contributed by atoms with Gasteiger partial charge in [0.2, 0.25) is 5.91 Å². The molecule has 1 saturated carbocycles. The molecule has 0 radical (unpaired) electrons. The Morgan fingerprint density at radius 1 is 1.24 bits per heavy atom. The van der Waals surface area contributed by atoms with Crippen molar-refractivity contribution < 1.29 is 13.8 Å². The molecule has 0 unspecified atom stereocenters. The minimum atomic E-state index is -0.519. The minimum Gasteiger partial charge on any atom is -0.423 e. The molecule has 1 amide bonds. The number of benzene rings is 1. The zero-order chi connectivity index (χ0) is 20.0. The molecule has 1 aliphatic carbocycles. The van der Waals surface area contributed by atoms with E-state index in [0.717, 1.165) is 49.9 Å². The summed E-state index contributed by atoms with van der Waals surface area (Å²) < 4.78 is 15.4. The number of nitrogens with zero attached hydrogens (tertiary/aromatic N) is 2. The molecule has 0 atom stereocenters. The third-order valence-corrected chi connectivity index (χ3v) is 8.79. The van der Waals surface area contributed by atoms with Crippen LogP contribution in [0.2, 0.25) is 5.02 Å². The number of anilines is 1. The summed E-state index contributed by atoms with van der Waals surface area (Å²) >= 11 is 5.53. The molecule has 2 saturated heterocycles. The van der Waals surface area contributed by atoms with Crippen LogP contribution in [0.3, 0.4) is 0 Å². The Morgan fingerprint density at radius 2 is 1.97 bits per heavy atom. The quantitative estimate of drug-likeness (QED) is 0.714. The number of hydrogen-bond donors (Lipinski definition) is 2. The van der Waals surface area contributed by atoms with Crippen molar-refractivity contribution in [3.63, 3.8) is 0 Å². The summed E-state index contributed by atoms with van der Waals surface area (Å²) in [5, 5.41) is 3.89. The zero-order valence-corrected chi connectivity index (χ0v) is 18.0. The number of hydrogen-bond acceptors (Lipinski definition) is 5. The highest BCUT2D eigenvalue weighted by molar-refractivity contribution is 7.92. The smallest absolute Gasteiger partial charge is 0.298 e. The van der Waals surface area contributed by atoms with E-state index in [9.17, 15) is 9.35 Å². The van der Waals surface area contributed by atoms with Crippen molar-refractivity contribution >= 4 is 45.8 Å². The Morgan fingerprint density at radius 3 is 2.66 bits per heavy atom. The van der Waals surface area contributed by atoms with Gasteiger partial charge in [0.25, 0.3) is 6.01 Å². The largest absolute Gasteiger partial charge is 0.423 e. The number of piperidine rings is 1. The van der Waals surface area contributed by atoms with Crippen molar-refractivity contribution in [2.45, 2.75) is 44.6 Å². The lowest BCUT2D eigenvalue weighted by Crippen LogP contribution is -2.51. The van der Waals surface area contributed by atoms with E-state index >= 15 is 0 Å². The molecule has 1 spiro atoms. The molecule has 6 nitrogen and oxygen atoms in total. The van der Waals surface area contributed by atoms with Crippen molar-refractivity contribution in [1.82, 2.24) is 10.3 Å². The number of halogens is 1. The Hall–Kier alpha value is -1.44. The highest BCUT2D eigenvalue weighted by atomic mass is 35.5. The van der Waals surface area contributed by atoms with Crippen LogP contribution >= 0.6 is 11.6 Å². The van der Waals surface area contributed by atoms with Crippen LogP contribution in [0.4, 0.5) is 6.01 Å². The maximum atomic E-state index is 12.3. The van der Waals surface area contributed by atoms with Crippen molar-refractivity contribution in [2.24, 2.45) is 11.3 Å². The number of aromatic nitrogens is 1. The molecular formula is C21H27ClN3O3S+. The van der Waals surface area contributed by atoms with E-state index in [1.165, 1.54) is 12.8 Å². The number of nitrogens with one attached hydrogen (secondary N) is 1. The Bertz CT molecular complexity index is 896. The highest BCUT2D eigenvalue weighted by Crippen LogP contribution is 2.45. The molecule has 29 heavy (non-hydrogen) atoms. The van der Waals surface area contributed by atoms with E-state index in [1.54, 1.807) is 0 Å². The molecule has 1 aromatic heterocycles. The van der Waals surface area contributed by atoms with Gasteiger partial charge in [-0.1, -0.05) is 11.6 Å². The van der Waals surface area contributed by atoms with Crippen molar-refractivity contribution in [3.8, 4) is 0 Å². The van der Waals surface area contributed by atoms with Gasteiger partial charge in [-0.3, -0.25) is 4.79 Å². The normalized spacial score (nSPS) is 27.2. The van der Waals surface area contributed by atoms with E-state index in [1.807, 2.05) is 18.2 Å². The fourth-order valence-corrected chi connectivity index (χ4v) is 6.25. The third kappa shape index (κ3) is 3.97. The summed E-state index contributed by atoms with van der Waals surface area (Å²) in [7, 11) is 0. The summed E-state index contributed by atoms with van der Waals surface area (Å²) in [6.45, 7) is 1.91. The van der Waals surface area contributed by atoms with Gasteiger partial charge in [-0.25, -0.2) is 0 Å². The van der Waals surface area contributed by atoms with E-state index in [4.69, 9.17) is 16.0 Å². The average Bonchev–Trinajstić information content (AvgIpc) is 3.11. The summed E-state index contributed by atoms with van der Waals surface area (Å²) in [5.41, 5.74) is 1.98. The van der Waals surface area contributed by atoms with E-state index in [2.05, 4.69) is 15.2 Å². The first kappa shape index (κ1) is 19.5. The highest BCUT2D eigenvalue weighted by Gasteiger charge is 2.45. The van der Waals surface area contributed by atoms with Crippen LogP contribution in [0.25, 0.3) is 11.1 Å². The predicted octanol–water partition coefficient (Wildman–Crippen LogP) is 3.85. The maximum Gasteiger partial charge on any atom is 0.298 e. The van der Waals surface area contributed by atoms with Crippen LogP contribution in [0.15, 0.2) is 22.6 Å². The van der Waals surface area contributed by atoms with E-state index in [0.29, 0.717) is 34.0 Å². The summed E-state index contributed by atoms with van der Waals surface area (Å²) in [5.74, 6) is 1.49. The molecular weight excluding hydrogens is 410 g/mol. The molecule has 1 aromatic carbocycles. The van der Waals surface area contributed by atoms with Crippen LogP contribution in [-0.4, -0.2) is 46.1 Å². The maximum absolute atomic E-state index is 12.3. The van der Waals surface area contributed by atoms with E-state index in [-0.39, 0.29) is 11.8 Å². The number of carbonyl (C=O) groups excluding carboxylic acids is 1. The van der Waals surface area contributed by atoms with Gasteiger partial charge in [0.15, 0.2) is 17.1 Å². The number of rotatable bonds is 3. The average molecular weight is 437 g/mol. The number of fused-ring (bicyclic) bond motifs is 1. The topological polar surface area (TPSA) is 78.6 Å². The molecule has 8 heteroatoms. The molecule has 2 N–H and O–H groups in total. The van der Waals surface area contributed by atoms with Crippen molar-refractivity contribution in [3.05, 3.63) is 23.2 Å². The lowest BCUT2D eigenvalue weighted by atomic mass is 9.67. The monoisotopic (exact) mass is 436 g/mol. The van der Waals surface area contributed by atoms with Gasteiger partial charge in [-0.15, -0.1) is 0 Å². The summed E-state index contributed by atoms with van der Waals surface area (Å²) in [4.78, 5) is 19.1. The lowest BCUT2D eigenvalue weighted by Gasteiger charge is -2.45. The molecule has 3 heterocycles. The van der Waals surface area contributed by atoms with Gasteiger partial charge in [-0.05, 0) is 56.1 Å². The third-order valence-electron chi connectivity index (χ3n) is 6.98. The Balaban J connectivity index is 1.14. The van der Waals surface area contributed by atoms with E-state index < -0.39 is 11.2 Å². The first-order valence-corrected chi connectivity index (χ1v) is 12.4. The van der Waals surface area contributed by atoms with Gasteiger partial charge in [0.05, 0.1) is 0 Å². The second-order valence-corrected chi connectivity index (χ2v) is 10.9. The Labute approximate surface area is 178 Å².